The van der Waals surface area contributed by atoms with Crippen LogP contribution in [0.4, 0.5) is 0 Å². The number of benzene rings is 1. The number of amides is 2. The first-order valence-corrected chi connectivity index (χ1v) is 9.07. The largest absolute Gasteiger partial charge is 0.492 e. The number of likely N-dealkylation sites (tertiary alicyclic amines) is 1. The third kappa shape index (κ3) is 5.19. The summed E-state index contributed by atoms with van der Waals surface area (Å²) in [5.41, 5.74) is 0. The monoisotopic (exact) mass is 346 g/mol. The van der Waals surface area contributed by atoms with E-state index < -0.39 is 0 Å². The zero-order chi connectivity index (χ0) is 17.5. The Morgan fingerprint density at radius 1 is 1.28 bits per heavy atom. The minimum absolute atomic E-state index is 0.0255. The average Bonchev–Trinajstić information content (AvgIpc) is 3.27. The number of nitrogens with zero attached hydrogens (tertiary/aromatic N) is 2. The third-order valence-electron chi connectivity index (χ3n) is 4.67. The van der Waals surface area contributed by atoms with Gasteiger partial charge in [0.2, 0.25) is 11.8 Å². The highest BCUT2D eigenvalue weighted by molar-refractivity contribution is 5.85. The van der Waals surface area contributed by atoms with E-state index in [1.165, 1.54) is 0 Å². The van der Waals surface area contributed by atoms with Crippen molar-refractivity contribution in [3.8, 4) is 5.75 Å². The van der Waals surface area contributed by atoms with E-state index in [9.17, 15) is 9.59 Å². The van der Waals surface area contributed by atoms with Gasteiger partial charge in [-0.1, -0.05) is 18.2 Å². The Bertz CT molecular complexity index is 572. The van der Waals surface area contributed by atoms with Crippen molar-refractivity contribution in [1.29, 1.82) is 0 Å². The molecule has 0 saturated carbocycles. The lowest BCUT2D eigenvalue weighted by molar-refractivity contribution is -0.139. The summed E-state index contributed by atoms with van der Waals surface area (Å²) < 4.78 is 11.4. The summed E-state index contributed by atoms with van der Waals surface area (Å²) in [6.45, 7) is 3.10. The highest BCUT2D eigenvalue weighted by Gasteiger charge is 2.27. The molecule has 2 amide bonds. The molecule has 2 heterocycles. The van der Waals surface area contributed by atoms with Crippen molar-refractivity contribution in [1.82, 2.24) is 9.80 Å². The molecule has 1 unspecified atom stereocenters. The van der Waals surface area contributed by atoms with E-state index in [2.05, 4.69) is 0 Å². The summed E-state index contributed by atoms with van der Waals surface area (Å²) >= 11 is 0. The molecule has 0 bridgehead atoms. The Labute approximate surface area is 148 Å². The Balaban J connectivity index is 1.53. The van der Waals surface area contributed by atoms with Gasteiger partial charge in [-0.15, -0.1) is 0 Å². The van der Waals surface area contributed by atoms with Crippen molar-refractivity contribution in [2.75, 3.05) is 39.4 Å². The molecule has 6 nitrogen and oxygen atoms in total. The fraction of sp³-hybridized carbons (Fsp3) is 0.579. The van der Waals surface area contributed by atoms with Crippen LogP contribution in [-0.2, 0) is 14.3 Å². The van der Waals surface area contributed by atoms with E-state index in [1.54, 1.807) is 9.80 Å². The van der Waals surface area contributed by atoms with E-state index in [1.807, 2.05) is 30.3 Å². The van der Waals surface area contributed by atoms with Gasteiger partial charge in [-0.3, -0.25) is 9.59 Å². The molecule has 1 aromatic rings. The maximum atomic E-state index is 12.7. The van der Waals surface area contributed by atoms with Gasteiger partial charge < -0.3 is 19.3 Å². The first-order chi connectivity index (χ1) is 12.2. The summed E-state index contributed by atoms with van der Waals surface area (Å²) in [5, 5.41) is 0. The van der Waals surface area contributed by atoms with Crippen molar-refractivity contribution < 1.29 is 19.1 Å². The lowest BCUT2D eigenvalue weighted by Gasteiger charge is -2.27. The number of carbonyl (C=O) groups excluding carboxylic acids is 2. The molecular formula is C19H26N2O4. The Kier molecular flexibility index (Phi) is 6.28. The summed E-state index contributed by atoms with van der Waals surface area (Å²) in [7, 11) is 0. The van der Waals surface area contributed by atoms with Gasteiger partial charge in [0.15, 0.2) is 0 Å². The highest BCUT2D eigenvalue weighted by Crippen LogP contribution is 2.15. The minimum Gasteiger partial charge on any atom is -0.492 e. The van der Waals surface area contributed by atoms with Gasteiger partial charge in [0.25, 0.3) is 0 Å². The third-order valence-corrected chi connectivity index (χ3v) is 4.67. The van der Waals surface area contributed by atoms with Crippen LogP contribution in [0.2, 0.25) is 0 Å². The van der Waals surface area contributed by atoms with Crippen molar-refractivity contribution in [2.24, 2.45) is 0 Å². The smallest absolute Gasteiger partial charge is 0.242 e. The molecule has 3 rings (SSSR count). The van der Waals surface area contributed by atoms with Gasteiger partial charge in [0, 0.05) is 26.1 Å². The first kappa shape index (κ1) is 17.7. The molecule has 136 valence electrons. The summed E-state index contributed by atoms with van der Waals surface area (Å²) in [6.07, 6.45) is 3.50. The van der Waals surface area contributed by atoms with E-state index >= 15 is 0 Å². The van der Waals surface area contributed by atoms with Crippen LogP contribution < -0.4 is 4.74 Å². The maximum absolute atomic E-state index is 12.7. The fourth-order valence-electron chi connectivity index (χ4n) is 3.28. The molecule has 2 aliphatic rings. The van der Waals surface area contributed by atoms with Crippen molar-refractivity contribution in [3.05, 3.63) is 30.3 Å². The second kappa shape index (κ2) is 8.85. The van der Waals surface area contributed by atoms with Gasteiger partial charge in [-0.2, -0.15) is 0 Å². The topological polar surface area (TPSA) is 59.1 Å². The molecule has 6 heteroatoms. The van der Waals surface area contributed by atoms with Gasteiger partial charge in [0.05, 0.1) is 19.2 Å². The van der Waals surface area contributed by atoms with E-state index in [4.69, 9.17) is 9.47 Å². The van der Waals surface area contributed by atoms with Gasteiger partial charge in [-0.25, -0.2) is 0 Å². The molecule has 0 N–H and O–H groups in total. The number of rotatable bonds is 8. The van der Waals surface area contributed by atoms with Gasteiger partial charge in [-0.05, 0) is 31.4 Å². The summed E-state index contributed by atoms with van der Waals surface area (Å²) in [6, 6.07) is 9.57. The molecule has 1 aromatic carbocycles. The number of para-hydroxylation sites is 1. The number of carbonyl (C=O) groups is 2. The number of hydrogen-bond donors (Lipinski definition) is 0. The van der Waals surface area contributed by atoms with Crippen molar-refractivity contribution >= 4 is 11.8 Å². The van der Waals surface area contributed by atoms with Crippen LogP contribution >= 0.6 is 0 Å². The molecule has 0 spiro atoms. The predicted molar refractivity (Wildman–Crippen MR) is 93.3 cm³/mol. The summed E-state index contributed by atoms with van der Waals surface area (Å²) in [5.74, 6) is 0.843. The molecule has 2 fully saturated rings. The van der Waals surface area contributed by atoms with E-state index in [0.29, 0.717) is 32.7 Å². The number of ether oxygens (including phenoxy) is 2. The molecule has 25 heavy (non-hydrogen) atoms. The van der Waals surface area contributed by atoms with Crippen LogP contribution in [-0.4, -0.2) is 67.1 Å². The van der Waals surface area contributed by atoms with Crippen LogP contribution in [0, 0.1) is 0 Å². The van der Waals surface area contributed by atoms with E-state index in [0.717, 1.165) is 31.6 Å². The second-order valence-corrected chi connectivity index (χ2v) is 6.56. The molecule has 0 aromatic heterocycles. The van der Waals surface area contributed by atoms with Crippen LogP contribution in [0.3, 0.4) is 0 Å². The fourth-order valence-corrected chi connectivity index (χ4v) is 3.28. The molecule has 0 radical (unpaired) electrons. The summed E-state index contributed by atoms with van der Waals surface area (Å²) in [4.78, 5) is 27.9. The molecular weight excluding hydrogens is 320 g/mol. The molecule has 2 saturated heterocycles. The minimum atomic E-state index is -0.0255. The number of hydrogen-bond acceptors (Lipinski definition) is 4. The van der Waals surface area contributed by atoms with Crippen molar-refractivity contribution in [3.63, 3.8) is 0 Å². The second-order valence-electron chi connectivity index (χ2n) is 6.56. The van der Waals surface area contributed by atoms with Gasteiger partial charge in [0.1, 0.15) is 12.4 Å². The maximum Gasteiger partial charge on any atom is 0.242 e. The lowest BCUT2D eigenvalue weighted by atomic mass is 10.2. The zero-order valence-corrected chi connectivity index (χ0v) is 14.6. The standard InChI is InChI=1S/C19H26N2O4/c22-18-9-4-10-20(18)15-19(23)21(14-17-8-5-12-24-17)11-13-25-16-6-2-1-3-7-16/h1-3,6-7,17H,4-5,8-15H2. The van der Waals surface area contributed by atoms with E-state index in [-0.39, 0.29) is 24.5 Å². The molecule has 0 aliphatic carbocycles. The van der Waals surface area contributed by atoms with Crippen LogP contribution in [0.15, 0.2) is 30.3 Å². The SMILES string of the molecule is O=C1CCCN1CC(=O)N(CCOc1ccccc1)CC1CCCO1. The Morgan fingerprint density at radius 3 is 2.80 bits per heavy atom. The van der Waals surface area contributed by atoms with Gasteiger partial charge >= 0.3 is 0 Å². The highest BCUT2D eigenvalue weighted by atomic mass is 16.5. The lowest BCUT2D eigenvalue weighted by Crippen LogP contribution is -2.45. The predicted octanol–water partition coefficient (Wildman–Crippen LogP) is 1.70. The van der Waals surface area contributed by atoms with Crippen LogP contribution in [0.25, 0.3) is 0 Å². The molecule has 2 aliphatic heterocycles. The van der Waals surface area contributed by atoms with Crippen LogP contribution in [0.1, 0.15) is 25.7 Å². The van der Waals surface area contributed by atoms with Crippen molar-refractivity contribution in [2.45, 2.75) is 31.8 Å². The Hall–Kier alpha value is -2.08. The quantitative estimate of drug-likeness (QED) is 0.719. The zero-order valence-electron chi connectivity index (χ0n) is 14.6. The average molecular weight is 346 g/mol. The molecule has 1 atom stereocenters. The normalized spacial score (nSPS) is 20.1. The Morgan fingerprint density at radius 2 is 2.12 bits per heavy atom. The first-order valence-electron chi connectivity index (χ1n) is 9.07. The van der Waals surface area contributed by atoms with Crippen LogP contribution in [0.5, 0.6) is 5.75 Å².